The van der Waals surface area contributed by atoms with Gasteiger partial charge in [0.1, 0.15) is 5.75 Å². The van der Waals surface area contributed by atoms with Gasteiger partial charge in [-0.3, -0.25) is 0 Å². The highest BCUT2D eigenvalue weighted by Gasteiger charge is 2.47. The fourth-order valence-corrected chi connectivity index (χ4v) is 7.21. The van der Waals surface area contributed by atoms with Crippen LogP contribution in [0.1, 0.15) is 30.4 Å². The van der Waals surface area contributed by atoms with Crippen LogP contribution in [0.25, 0.3) is 0 Å². The van der Waals surface area contributed by atoms with Crippen molar-refractivity contribution in [2.24, 2.45) is 5.92 Å². The molecule has 0 spiro atoms. The topological polar surface area (TPSA) is 81.1 Å². The van der Waals surface area contributed by atoms with Crippen LogP contribution in [0.2, 0.25) is 5.02 Å². The molecule has 1 aliphatic rings. The Morgan fingerprint density at radius 3 is 2.39 bits per heavy atom. The first-order chi connectivity index (χ1) is 17.1. The minimum Gasteiger partial charge on any atom is -0.508 e. The van der Waals surface area contributed by atoms with Crippen LogP contribution in [-0.2, 0) is 22.2 Å². The van der Waals surface area contributed by atoms with Crippen molar-refractivity contribution in [1.29, 1.82) is 0 Å². The van der Waals surface area contributed by atoms with Crippen LogP contribution in [0.4, 0.5) is 0 Å². The number of sulfonamides is 1. The van der Waals surface area contributed by atoms with E-state index in [0.29, 0.717) is 36.4 Å². The molecule has 2 N–H and O–H groups in total. The Morgan fingerprint density at radius 1 is 1.00 bits per heavy atom. The van der Waals surface area contributed by atoms with E-state index in [1.807, 2.05) is 55.4 Å². The molecule has 0 radical (unpaired) electrons. The van der Waals surface area contributed by atoms with E-state index in [0.717, 1.165) is 5.56 Å². The summed E-state index contributed by atoms with van der Waals surface area (Å²) < 4.78 is 29.5. The Balaban J connectivity index is 1.72. The third-order valence-electron chi connectivity index (χ3n) is 7.01. The minimum absolute atomic E-state index is 0.0980. The number of hydrogen-bond donors (Lipinski definition) is 2. The molecule has 0 saturated heterocycles. The normalized spacial score (nSPS) is 22.7. The van der Waals surface area contributed by atoms with Crippen molar-refractivity contribution in [1.82, 2.24) is 9.21 Å². The van der Waals surface area contributed by atoms with Gasteiger partial charge in [0.25, 0.3) is 0 Å². The predicted molar refractivity (Wildman–Crippen MR) is 142 cm³/mol. The fraction of sp³-hybridized carbons (Fsp3) is 0.357. The Kier molecular flexibility index (Phi) is 8.07. The first-order valence-corrected chi connectivity index (χ1v) is 13.9. The zero-order chi connectivity index (χ0) is 25.9. The maximum absolute atomic E-state index is 14.0. The van der Waals surface area contributed by atoms with Crippen LogP contribution >= 0.6 is 11.6 Å². The fourth-order valence-electron chi connectivity index (χ4n) is 5.25. The molecule has 1 aliphatic carbocycles. The second kappa shape index (κ2) is 10.9. The van der Waals surface area contributed by atoms with Crippen LogP contribution in [0.5, 0.6) is 5.75 Å². The number of nitrogens with zero attached hydrogens (tertiary/aromatic N) is 2. The van der Waals surface area contributed by atoms with E-state index in [2.05, 4.69) is 0 Å². The molecule has 0 aromatic heterocycles. The summed E-state index contributed by atoms with van der Waals surface area (Å²) in [4.78, 5) is 2.16. The van der Waals surface area contributed by atoms with Gasteiger partial charge in [0, 0.05) is 30.1 Å². The van der Waals surface area contributed by atoms with Gasteiger partial charge >= 0.3 is 0 Å². The van der Waals surface area contributed by atoms with Crippen molar-refractivity contribution in [3.8, 4) is 5.75 Å². The summed E-state index contributed by atoms with van der Waals surface area (Å²) >= 11 is 6.16. The van der Waals surface area contributed by atoms with Gasteiger partial charge in [-0.15, -0.1) is 0 Å². The molecular weight excluding hydrogens is 496 g/mol. The number of benzene rings is 3. The van der Waals surface area contributed by atoms with E-state index in [9.17, 15) is 18.6 Å². The zero-order valence-electron chi connectivity index (χ0n) is 20.6. The lowest BCUT2D eigenvalue weighted by Crippen LogP contribution is -2.51. The number of halogens is 1. The van der Waals surface area contributed by atoms with Crippen molar-refractivity contribution in [2.45, 2.75) is 42.3 Å². The lowest BCUT2D eigenvalue weighted by molar-refractivity contribution is -0.0763. The minimum atomic E-state index is -3.87. The smallest absolute Gasteiger partial charge is 0.243 e. The summed E-state index contributed by atoms with van der Waals surface area (Å²) in [5.74, 6) is -0.151. The van der Waals surface area contributed by atoms with Crippen LogP contribution in [0, 0.1) is 5.92 Å². The van der Waals surface area contributed by atoms with E-state index in [1.165, 1.54) is 6.07 Å². The van der Waals surface area contributed by atoms with E-state index >= 15 is 0 Å². The van der Waals surface area contributed by atoms with Gasteiger partial charge in [0.05, 0.1) is 10.5 Å². The largest absolute Gasteiger partial charge is 0.508 e. The van der Waals surface area contributed by atoms with E-state index in [4.69, 9.17) is 11.6 Å². The van der Waals surface area contributed by atoms with Gasteiger partial charge in [0.15, 0.2) is 0 Å². The quantitative estimate of drug-likeness (QED) is 0.436. The van der Waals surface area contributed by atoms with E-state index in [-0.39, 0.29) is 29.1 Å². The molecule has 0 heterocycles. The molecule has 1 fully saturated rings. The lowest BCUT2D eigenvalue weighted by atomic mass is 9.69. The average molecular weight is 529 g/mol. The molecule has 0 amide bonds. The van der Waals surface area contributed by atoms with Gasteiger partial charge in [-0.1, -0.05) is 60.1 Å². The number of aliphatic hydroxyl groups is 1. The number of aromatic hydroxyl groups is 1. The molecule has 0 bridgehead atoms. The third kappa shape index (κ3) is 5.76. The van der Waals surface area contributed by atoms with Crippen molar-refractivity contribution >= 4 is 21.6 Å². The zero-order valence-corrected chi connectivity index (χ0v) is 22.2. The summed E-state index contributed by atoms with van der Waals surface area (Å²) in [7, 11) is 0.0146. The van der Waals surface area contributed by atoms with Crippen molar-refractivity contribution in [3.63, 3.8) is 0 Å². The molecule has 36 heavy (non-hydrogen) atoms. The molecule has 1 saturated carbocycles. The molecular formula is C28H33ClN2O4S. The molecule has 192 valence electrons. The number of phenols is 1. The predicted octanol–water partition coefficient (Wildman–Crippen LogP) is 4.85. The second-order valence-electron chi connectivity index (χ2n) is 9.86. The Bertz CT molecular complexity index is 1290. The van der Waals surface area contributed by atoms with Gasteiger partial charge in [-0.2, -0.15) is 4.31 Å². The average Bonchev–Trinajstić information content (AvgIpc) is 2.84. The van der Waals surface area contributed by atoms with Crippen LogP contribution in [-0.4, -0.2) is 54.5 Å². The molecule has 8 heteroatoms. The first-order valence-electron chi connectivity index (χ1n) is 12.1. The standard InChI is InChI=1S/C28H33ClN2O4S/c1-30(2)20-23-16-25(14-15-28(23,33)22-10-6-12-26(32)17-22)31(19-21-8-4-3-5-9-21)36(34,35)27-13-7-11-24(29)18-27/h3-13,17-18,23,25,32-33H,14-16,19-20H2,1-2H3. The van der Waals surface area contributed by atoms with Crippen molar-refractivity contribution in [3.05, 3.63) is 95.0 Å². The lowest BCUT2D eigenvalue weighted by Gasteiger charge is -2.47. The van der Waals surface area contributed by atoms with Crippen LogP contribution in [0.3, 0.4) is 0 Å². The summed E-state index contributed by atoms with van der Waals surface area (Å²) in [6.07, 6.45) is 1.32. The molecule has 4 rings (SSSR count). The van der Waals surface area contributed by atoms with Gasteiger partial charge < -0.3 is 15.1 Å². The second-order valence-corrected chi connectivity index (χ2v) is 12.2. The molecule has 3 atom stereocenters. The third-order valence-corrected chi connectivity index (χ3v) is 9.14. The number of rotatable bonds is 8. The SMILES string of the molecule is CN(C)CC1CC(N(Cc2ccccc2)S(=O)(=O)c2cccc(Cl)c2)CCC1(O)c1cccc(O)c1. The summed E-state index contributed by atoms with van der Waals surface area (Å²) in [5, 5.41) is 22.3. The van der Waals surface area contributed by atoms with Gasteiger partial charge in [0.2, 0.25) is 10.0 Å². The summed E-state index contributed by atoms with van der Waals surface area (Å²) in [6, 6.07) is 22.3. The maximum atomic E-state index is 14.0. The molecule has 6 nitrogen and oxygen atoms in total. The van der Waals surface area contributed by atoms with Crippen LogP contribution < -0.4 is 0 Å². The molecule has 3 unspecified atom stereocenters. The molecule has 0 aliphatic heterocycles. The monoisotopic (exact) mass is 528 g/mol. The van der Waals surface area contributed by atoms with Crippen molar-refractivity contribution in [2.75, 3.05) is 20.6 Å². The van der Waals surface area contributed by atoms with E-state index < -0.39 is 15.6 Å². The Hall–Kier alpha value is -2.42. The Labute approximate surface area is 218 Å². The summed E-state index contributed by atoms with van der Waals surface area (Å²) in [6.45, 7) is 0.790. The van der Waals surface area contributed by atoms with Gasteiger partial charge in [-0.05, 0) is 74.8 Å². The Morgan fingerprint density at radius 2 is 1.72 bits per heavy atom. The highest BCUT2D eigenvalue weighted by atomic mass is 35.5. The number of hydrogen-bond acceptors (Lipinski definition) is 5. The maximum Gasteiger partial charge on any atom is 0.243 e. The van der Waals surface area contributed by atoms with Crippen LogP contribution in [0.15, 0.2) is 83.8 Å². The molecule has 3 aromatic rings. The highest BCUT2D eigenvalue weighted by Crippen LogP contribution is 2.45. The van der Waals surface area contributed by atoms with E-state index in [1.54, 1.807) is 40.7 Å². The summed E-state index contributed by atoms with van der Waals surface area (Å²) in [5.41, 5.74) is 0.360. The first kappa shape index (κ1) is 26.6. The van der Waals surface area contributed by atoms with Gasteiger partial charge in [-0.25, -0.2) is 8.42 Å². The highest BCUT2D eigenvalue weighted by molar-refractivity contribution is 7.89. The van der Waals surface area contributed by atoms with Crippen molar-refractivity contribution < 1.29 is 18.6 Å². The number of phenolic OH excluding ortho intramolecular Hbond substituents is 1. The molecule has 3 aromatic carbocycles.